The zero-order chi connectivity index (χ0) is 17.8. The molecule has 0 saturated carbocycles. The first kappa shape index (κ1) is 17.1. The molecular formula is C18H17F3N2O2. The molecule has 1 saturated heterocycles. The molecule has 132 valence electrons. The van der Waals surface area contributed by atoms with Crippen molar-refractivity contribution in [2.45, 2.75) is 0 Å². The fourth-order valence-corrected chi connectivity index (χ4v) is 2.67. The number of rotatable bonds is 4. The number of carbonyl (C=O) groups is 1. The number of ether oxygens (including phenoxy) is 1. The number of amides is 1. The van der Waals surface area contributed by atoms with Crippen molar-refractivity contribution >= 4 is 11.6 Å². The van der Waals surface area contributed by atoms with Gasteiger partial charge >= 0.3 is 0 Å². The van der Waals surface area contributed by atoms with Crippen molar-refractivity contribution in [2.75, 3.05) is 37.7 Å². The number of nitrogens with zero attached hydrogens (tertiary/aromatic N) is 2. The summed E-state index contributed by atoms with van der Waals surface area (Å²) in [5.74, 6) is -2.37. The Balaban J connectivity index is 1.49. The van der Waals surface area contributed by atoms with Crippen molar-refractivity contribution in [3.05, 3.63) is 59.9 Å². The van der Waals surface area contributed by atoms with Gasteiger partial charge in [0.05, 0.1) is 0 Å². The van der Waals surface area contributed by atoms with E-state index in [9.17, 15) is 18.0 Å². The molecule has 0 aliphatic carbocycles. The van der Waals surface area contributed by atoms with Crippen LogP contribution in [-0.4, -0.2) is 43.6 Å². The molecule has 2 aromatic rings. The minimum Gasteiger partial charge on any atom is -0.484 e. The maximum Gasteiger partial charge on any atom is 0.260 e. The summed E-state index contributed by atoms with van der Waals surface area (Å²) in [5, 5.41) is 0. The lowest BCUT2D eigenvalue weighted by atomic mass is 10.2. The van der Waals surface area contributed by atoms with E-state index in [1.54, 1.807) is 17.0 Å². The van der Waals surface area contributed by atoms with Gasteiger partial charge in [0.15, 0.2) is 18.2 Å². The van der Waals surface area contributed by atoms with Crippen molar-refractivity contribution < 1.29 is 22.7 Å². The molecule has 1 heterocycles. The van der Waals surface area contributed by atoms with Gasteiger partial charge in [0.2, 0.25) is 0 Å². The van der Waals surface area contributed by atoms with E-state index < -0.39 is 11.6 Å². The molecule has 25 heavy (non-hydrogen) atoms. The molecular weight excluding hydrogens is 333 g/mol. The molecule has 0 bridgehead atoms. The van der Waals surface area contributed by atoms with Gasteiger partial charge in [-0.2, -0.15) is 0 Å². The Bertz CT molecular complexity index is 744. The van der Waals surface area contributed by atoms with E-state index >= 15 is 0 Å². The number of hydrogen-bond donors (Lipinski definition) is 0. The Hall–Kier alpha value is -2.70. The van der Waals surface area contributed by atoms with Crippen LogP contribution in [0.25, 0.3) is 0 Å². The molecule has 0 aromatic heterocycles. The highest BCUT2D eigenvalue weighted by molar-refractivity contribution is 5.78. The average Bonchev–Trinajstić information content (AvgIpc) is 2.63. The summed E-state index contributed by atoms with van der Waals surface area (Å²) in [6.45, 7) is 2.04. The monoisotopic (exact) mass is 350 g/mol. The van der Waals surface area contributed by atoms with Crippen LogP contribution in [0.3, 0.4) is 0 Å². The number of hydrogen-bond acceptors (Lipinski definition) is 3. The highest BCUT2D eigenvalue weighted by atomic mass is 19.2. The smallest absolute Gasteiger partial charge is 0.260 e. The second kappa shape index (κ2) is 7.46. The van der Waals surface area contributed by atoms with Gasteiger partial charge in [-0.15, -0.1) is 0 Å². The van der Waals surface area contributed by atoms with E-state index in [-0.39, 0.29) is 24.1 Å². The summed E-state index contributed by atoms with van der Waals surface area (Å²) in [6, 6.07) is 9.37. The molecule has 1 aliphatic rings. The van der Waals surface area contributed by atoms with E-state index in [1.807, 2.05) is 0 Å². The number of benzene rings is 2. The standard InChI is InChI=1S/C18H17F3N2O2/c19-13-1-3-14(4-2-13)22-7-9-23(10-8-22)18(24)12-25-15-5-6-16(20)17(21)11-15/h1-6,11H,7-10,12H2. The minimum atomic E-state index is -1.02. The Labute approximate surface area is 143 Å². The molecule has 0 atom stereocenters. The molecule has 1 amide bonds. The summed E-state index contributed by atoms with van der Waals surface area (Å²) >= 11 is 0. The van der Waals surface area contributed by atoms with Crippen molar-refractivity contribution in [3.63, 3.8) is 0 Å². The summed E-state index contributed by atoms with van der Waals surface area (Å²) in [4.78, 5) is 15.9. The van der Waals surface area contributed by atoms with Gasteiger partial charge in [0, 0.05) is 37.9 Å². The normalized spacial score (nSPS) is 14.5. The molecule has 2 aromatic carbocycles. The second-order valence-corrected chi connectivity index (χ2v) is 5.71. The number of piperazine rings is 1. The zero-order valence-electron chi connectivity index (χ0n) is 13.4. The van der Waals surface area contributed by atoms with Gasteiger partial charge < -0.3 is 14.5 Å². The van der Waals surface area contributed by atoms with E-state index in [1.165, 1.54) is 18.2 Å². The van der Waals surface area contributed by atoms with Gasteiger partial charge in [0.25, 0.3) is 5.91 Å². The van der Waals surface area contributed by atoms with Crippen LogP contribution in [0.5, 0.6) is 5.75 Å². The van der Waals surface area contributed by atoms with E-state index in [0.717, 1.165) is 17.8 Å². The molecule has 4 nitrogen and oxygen atoms in total. The summed E-state index contributed by atoms with van der Waals surface area (Å²) < 4.78 is 44.2. The van der Waals surface area contributed by atoms with Crippen molar-refractivity contribution in [2.24, 2.45) is 0 Å². The maximum atomic E-state index is 13.1. The third kappa shape index (κ3) is 4.23. The van der Waals surface area contributed by atoms with Gasteiger partial charge in [-0.05, 0) is 36.4 Å². The Morgan fingerprint density at radius 2 is 1.60 bits per heavy atom. The van der Waals surface area contributed by atoms with Crippen LogP contribution in [0.15, 0.2) is 42.5 Å². The molecule has 0 N–H and O–H groups in total. The van der Waals surface area contributed by atoms with Crippen LogP contribution >= 0.6 is 0 Å². The average molecular weight is 350 g/mol. The predicted molar refractivity (Wildman–Crippen MR) is 87.0 cm³/mol. The SMILES string of the molecule is O=C(COc1ccc(F)c(F)c1)N1CCN(c2ccc(F)cc2)CC1. The molecule has 0 radical (unpaired) electrons. The molecule has 1 fully saturated rings. The molecule has 3 rings (SSSR count). The second-order valence-electron chi connectivity index (χ2n) is 5.71. The van der Waals surface area contributed by atoms with E-state index in [2.05, 4.69) is 4.90 Å². The summed E-state index contributed by atoms with van der Waals surface area (Å²) in [5.41, 5.74) is 0.909. The fraction of sp³-hybridized carbons (Fsp3) is 0.278. The topological polar surface area (TPSA) is 32.8 Å². The zero-order valence-corrected chi connectivity index (χ0v) is 13.4. The summed E-state index contributed by atoms with van der Waals surface area (Å²) in [7, 11) is 0. The quantitative estimate of drug-likeness (QED) is 0.850. The van der Waals surface area contributed by atoms with Crippen LogP contribution in [0.4, 0.5) is 18.9 Å². The number of carbonyl (C=O) groups excluding carboxylic acids is 1. The van der Waals surface area contributed by atoms with Crippen LogP contribution in [0.1, 0.15) is 0 Å². The maximum absolute atomic E-state index is 13.1. The third-order valence-electron chi connectivity index (χ3n) is 4.08. The largest absolute Gasteiger partial charge is 0.484 e. The Morgan fingerprint density at radius 1 is 0.920 bits per heavy atom. The van der Waals surface area contributed by atoms with Crippen molar-refractivity contribution in [1.29, 1.82) is 0 Å². The fourth-order valence-electron chi connectivity index (χ4n) is 2.67. The Morgan fingerprint density at radius 3 is 2.24 bits per heavy atom. The number of anilines is 1. The van der Waals surface area contributed by atoms with Crippen molar-refractivity contribution in [3.8, 4) is 5.75 Å². The lowest BCUT2D eigenvalue weighted by Crippen LogP contribution is -2.50. The lowest BCUT2D eigenvalue weighted by molar-refractivity contribution is -0.133. The van der Waals surface area contributed by atoms with Gasteiger partial charge in [0.1, 0.15) is 11.6 Å². The first-order valence-electron chi connectivity index (χ1n) is 7.89. The highest BCUT2D eigenvalue weighted by Crippen LogP contribution is 2.18. The number of halogens is 3. The summed E-state index contributed by atoms with van der Waals surface area (Å²) in [6.07, 6.45) is 0. The molecule has 0 unspecified atom stereocenters. The lowest BCUT2D eigenvalue weighted by Gasteiger charge is -2.36. The highest BCUT2D eigenvalue weighted by Gasteiger charge is 2.21. The first-order valence-corrected chi connectivity index (χ1v) is 7.89. The minimum absolute atomic E-state index is 0.109. The van der Waals surface area contributed by atoms with E-state index in [4.69, 9.17) is 4.74 Å². The predicted octanol–water partition coefficient (Wildman–Crippen LogP) is 2.83. The first-order chi connectivity index (χ1) is 12.0. The molecule has 0 spiro atoms. The van der Waals surface area contributed by atoms with Gasteiger partial charge in [-0.3, -0.25) is 4.79 Å². The van der Waals surface area contributed by atoms with E-state index in [0.29, 0.717) is 26.2 Å². The van der Waals surface area contributed by atoms with Crippen LogP contribution in [0.2, 0.25) is 0 Å². The van der Waals surface area contributed by atoms with Crippen molar-refractivity contribution in [1.82, 2.24) is 4.90 Å². The third-order valence-corrected chi connectivity index (χ3v) is 4.08. The van der Waals surface area contributed by atoms with Crippen LogP contribution < -0.4 is 9.64 Å². The van der Waals surface area contributed by atoms with Crippen LogP contribution in [-0.2, 0) is 4.79 Å². The molecule has 7 heteroatoms. The molecule has 1 aliphatic heterocycles. The van der Waals surface area contributed by atoms with Gasteiger partial charge in [-0.1, -0.05) is 0 Å². The van der Waals surface area contributed by atoms with Gasteiger partial charge in [-0.25, -0.2) is 13.2 Å². The Kier molecular flexibility index (Phi) is 5.11. The van der Waals surface area contributed by atoms with Crippen LogP contribution in [0, 0.1) is 17.5 Å².